The second-order valence-corrected chi connectivity index (χ2v) is 6.86. The van der Waals surface area contributed by atoms with Gasteiger partial charge in [0.25, 0.3) is 5.91 Å². The molecule has 0 spiro atoms. The first kappa shape index (κ1) is 19.0. The van der Waals surface area contributed by atoms with Crippen molar-refractivity contribution in [2.24, 2.45) is 0 Å². The van der Waals surface area contributed by atoms with Crippen molar-refractivity contribution in [2.75, 3.05) is 0 Å². The number of carbonyl (C=O) groups is 1. The van der Waals surface area contributed by atoms with E-state index in [1.165, 1.54) is 16.7 Å². The number of ether oxygens (including phenoxy) is 1. The molecule has 0 bridgehead atoms. The van der Waals surface area contributed by atoms with Crippen LogP contribution in [0.3, 0.4) is 0 Å². The van der Waals surface area contributed by atoms with Crippen LogP contribution in [0.25, 0.3) is 0 Å². The van der Waals surface area contributed by atoms with E-state index >= 15 is 0 Å². The van der Waals surface area contributed by atoms with E-state index in [0.717, 1.165) is 16.9 Å². The Hall–Kier alpha value is -2.29. The molecule has 0 heterocycles. The maximum absolute atomic E-state index is 12.7. The van der Waals surface area contributed by atoms with Gasteiger partial charge in [-0.15, -0.1) is 0 Å². The lowest BCUT2D eigenvalue weighted by molar-refractivity contribution is -0.128. The molecule has 25 heavy (non-hydrogen) atoms. The van der Waals surface area contributed by atoms with Crippen molar-refractivity contribution in [3.63, 3.8) is 0 Å². The monoisotopic (exact) mass is 339 g/mol. The lowest BCUT2D eigenvalue weighted by Gasteiger charge is -2.22. The second kappa shape index (κ2) is 8.19. The number of hydrogen-bond donors (Lipinski definition) is 1. The highest BCUT2D eigenvalue weighted by molar-refractivity contribution is 5.81. The zero-order chi connectivity index (χ0) is 18.6. The number of carbonyl (C=O) groups excluding carboxylic acids is 1. The van der Waals surface area contributed by atoms with E-state index in [-0.39, 0.29) is 11.9 Å². The fourth-order valence-electron chi connectivity index (χ4n) is 2.83. The summed E-state index contributed by atoms with van der Waals surface area (Å²) in [4.78, 5) is 12.7. The van der Waals surface area contributed by atoms with Crippen LogP contribution in [-0.4, -0.2) is 12.0 Å². The van der Waals surface area contributed by atoms with Crippen LogP contribution in [-0.2, 0) is 4.79 Å². The maximum Gasteiger partial charge on any atom is 0.261 e. The van der Waals surface area contributed by atoms with E-state index in [4.69, 9.17) is 4.74 Å². The van der Waals surface area contributed by atoms with Crippen molar-refractivity contribution in [2.45, 2.75) is 60.1 Å². The lowest BCUT2D eigenvalue weighted by atomic mass is 10.0. The third-order valence-corrected chi connectivity index (χ3v) is 4.65. The van der Waals surface area contributed by atoms with Crippen LogP contribution in [0.4, 0.5) is 0 Å². The minimum Gasteiger partial charge on any atom is -0.480 e. The summed E-state index contributed by atoms with van der Waals surface area (Å²) < 4.78 is 5.98. The highest BCUT2D eigenvalue weighted by atomic mass is 16.5. The topological polar surface area (TPSA) is 38.3 Å². The summed E-state index contributed by atoms with van der Waals surface area (Å²) >= 11 is 0. The molecular weight excluding hydrogens is 310 g/mol. The lowest BCUT2D eigenvalue weighted by Crippen LogP contribution is -2.39. The summed E-state index contributed by atoms with van der Waals surface area (Å²) in [5.74, 6) is 0.694. The molecule has 0 radical (unpaired) electrons. The molecule has 0 aromatic heterocycles. The van der Waals surface area contributed by atoms with Crippen molar-refractivity contribution in [1.82, 2.24) is 5.32 Å². The fourth-order valence-corrected chi connectivity index (χ4v) is 2.83. The molecule has 2 aromatic rings. The molecule has 3 nitrogen and oxygen atoms in total. The van der Waals surface area contributed by atoms with Crippen LogP contribution in [0.15, 0.2) is 36.4 Å². The fraction of sp³-hybridized carbons (Fsp3) is 0.409. The van der Waals surface area contributed by atoms with E-state index in [1.807, 2.05) is 39.8 Å². The summed E-state index contributed by atoms with van der Waals surface area (Å²) in [7, 11) is 0. The van der Waals surface area contributed by atoms with Gasteiger partial charge in [-0.2, -0.15) is 0 Å². The number of nitrogens with one attached hydrogen (secondary N) is 1. The summed E-state index contributed by atoms with van der Waals surface area (Å²) in [5.41, 5.74) is 5.83. The van der Waals surface area contributed by atoms with Crippen LogP contribution in [0.2, 0.25) is 0 Å². The summed E-state index contributed by atoms with van der Waals surface area (Å²) in [6, 6.07) is 12.3. The Morgan fingerprint density at radius 2 is 1.72 bits per heavy atom. The third-order valence-electron chi connectivity index (χ3n) is 4.65. The van der Waals surface area contributed by atoms with Crippen LogP contribution in [0.1, 0.15) is 54.1 Å². The van der Waals surface area contributed by atoms with E-state index < -0.39 is 6.10 Å². The van der Waals surface area contributed by atoms with Gasteiger partial charge in [-0.05, 0) is 69.4 Å². The summed E-state index contributed by atoms with van der Waals surface area (Å²) in [6.07, 6.45) is 0.133. The Labute approximate surface area is 151 Å². The molecule has 0 saturated carbocycles. The van der Waals surface area contributed by atoms with Crippen LogP contribution in [0.5, 0.6) is 5.75 Å². The molecule has 0 aliphatic carbocycles. The first-order valence-corrected chi connectivity index (χ1v) is 8.93. The third kappa shape index (κ3) is 4.85. The molecule has 3 heteroatoms. The molecule has 0 saturated heterocycles. The quantitative estimate of drug-likeness (QED) is 0.808. The molecule has 1 amide bonds. The summed E-state index contributed by atoms with van der Waals surface area (Å²) in [6.45, 7) is 12.2. The molecule has 1 N–H and O–H groups in total. The van der Waals surface area contributed by atoms with Crippen LogP contribution in [0, 0.1) is 27.7 Å². The normalized spacial score (nSPS) is 13.2. The average Bonchev–Trinajstić information content (AvgIpc) is 2.56. The second-order valence-electron chi connectivity index (χ2n) is 6.86. The van der Waals surface area contributed by atoms with Crippen molar-refractivity contribution >= 4 is 5.91 Å². The Kier molecular flexibility index (Phi) is 6.24. The van der Waals surface area contributed by atoms with Gasteiger partial charge in [0.1, 0.15) is 5.75 Å². The molecule has 2 rings (SSSR count). The Morgan fingerprint density at radius 1 is 1.00 bits per heavy atom. The zero-order valence-corrected chi connectivity index (χ0v) is 16.1. The number of amides is 1. The standard InChI is InChI=1S/C22H29NO2/c1-7-20(25-21-11-8-14(2)12-17(21)5)22(24)23-18(6)19-10-9-15(3)16(4)13-19/h8-13,18,20H,7H2,1-6H3,(H,23,24)/t18-,20-/m0/s1. The number of benzene rings is 2. The van der Waals surface area contributed by atoms with Crippen LogP contribution < -0.4 is 10.1 Å². The first-order chi connectivity index (χ1) is 11.8. The van der Waals surface area contributed by atoms with Crippen molar-refractivity contribution in [3.8, 4) is 5.75 Å². The van der Waals surface area contributed by atoms with Gasteiger partial charge < -0.3 is 10.1 Å². The largest absolute Gasteiger partial charge is 0.480 e. The first-order valence-electron chi connectivity index (χ1n) is 8.93. The van der Waals surface area contributed by atoms with Gasteiger partial charge in [-0.25, -0.2) is 0 Å². The average molecular weight is 339 g/mol. The van der Waals surface area contributed by atoms with Gasteiger partial charge in [0.15, 0.2) is 6.10 Å². The SMILES string of the molecule is CC[C@H](Oc1ccc(C)cc1C)C(=O)N[C@@H](C)c1ccc(C)c(C)c1. The smallest absolute Gasteiger partial charge is 0.261 e. The van der Waals surface area contributed by atoms with E-state index in [2.05, 4.69) is 43.4 Å². The minimum atomic E-state index is -0.490. The van der Waals surface area contributed by atoms with Crippen molar-refractivity contribution < 1.29 is 9.53 Å². The van der Waals surface area contributed by atoms with Gasteiger partial charge >= 0.3 is 0 Å². The van der Waals surface area contributed by atoms with Gasteiger partial charge in [-0.1, -0.05) is 42.8 Å². The number of hydrogen-bond acceptors (Lipinski definition) is 2. The van der Waals surface area contributed by atoms with Crippen molar-refractivity contribution in [3.05, 3.63) is 64.2 Å². The Morgan fingerprint density at radius 3 is 2.32 bits per heavy atom. The molecule has 0 fully saturated rings. The van der Waals surface area contributed by atoms with E-state index in [9.17, 15) is 4.79 Å². The van der Waals surface area contributed by atoms with Crippen molar-refractivity contribution in [1.29, 1.82) is 0 Å². The maximum atomic E-state index is 12.7. The summed E-state index contributed by atoms with van der Waals surface area (Å²) in [5, 5.41) is 3.08. The van der Waals surface area contributed by atoms with E-state index in [0.29, 0.717) is 6.42 Å². The Balaban J connectivity index is 2.07. The highest BCUT2D eigenvalue weighted by Crippen LogP contribution is 2.22. The number of rotatable bonds is 6. The number of aryl methyl sites for hydroxylation is 4. The molecule has 2 atom stereocenters. The molecular formula is C22H29NO2. The predicted octanol–water partition coefficient (Wildman–Crippen LogP) is 4.96. The molecule has 0 aliphatic heterocycles. The van der Waals surface area contributed by atoms with Gasteiger partial charge in [0, 0.05) is 0 Å². The molecule has 0 aliphatic rings. The van der Waals surface area contributed by atoms with E-state index in [1.54, 1.807) is 0 Å². The highest BCUT2D eigenvalue weighted by Gasteiger charge is 2.21. The van der Waals surface area contributed by atoms with Gasteiger partial charge in [-0.3, -0.25) is 4.79 Å². The molecule has 2 aromatic carbocycles. The molecule has 134 valence electrons. The zero-order valence-electron chi connectivity index (χ0n) is 16.1. The van der Waals surface area contributed by atoms with Gasteiger partial charge in [0.05, 0.1) is 6.04 Å². The van der Waals surface area contributed by atoms with Crippen LogP contribution >= 0.6 is 0 Å². The molecule has 0 unspecified atom stereocenters. The van der Waals surface area contributed by atoms with Gasteiger partial charge in [0.2, 0.25) is 0 Å². The predicted molar refractivity (Wildman–Crippen MR) is 103 cm³/mol. The minimum absolute atomic E-state index is 0.0523. The Bertz CT molecular complexity index is 752.